The van der Waals surface area contributed by atoms with Gasteiger partial charge >= 0.3 is 5.97 Å². The Morgan fingerprint density at radius 1 is 1.30 bits per heavy atom. The molecule has 0 saturated carbocycles. The second-order valence-electron chi connectivity index (χ2n) is 4.18. The van der Waals surface area contributed by atoms with Gasteiger partial charge in [0.2, 0.25) is 0 Å². The summed E-state index contributed by atoms with van der Waals surface area (Å²) in [6, 6.07) is 0. The molecule has 114 valence electrons. The average Bonchev–Trinajstić information content (AvgIpc) is 2.76. The summed E-state index contributed by atoms with van der Waals surface area (Å²) in [6.07, 6.45) is 1.87. The summed E-state index contributed by atoms with van der Waals surface area (Å²) in [5, 5.41) is 17.3. The zero-order valence-electron chi connectivity index (χ0n) is 11.9. The third-order valence-corrected chi connectivity index (χ3v) is 3.53. The number of carboxylic acids is 1. The summed E-state index contributed by atoms with van der Waals surface area (Å²) in [5.41, 5.74) is 0. The van der Waals surface area contributed by atoms with Crippen molar-refractivity contribution in [2.75, 3.05) is 32.7 Å². The van der Waals surface area contributed by atoms with Crippen LogP contribution in [0.5, 0.6) is 0 Å². The van der Waals surface area contributed by atoms with Crippen molar-refractivity contribution >= 4 is 17.7 Å². The molecule has 1 rings (SSSR count). The van der Waals surface area contributed by atoms with Crippen molar-refractivity contribution in [3.05, 3.63) is 5.82 Å². The van der Waals surface area contributed by atoms with Crippen LogP contribution in [0.15, 0.2) is 5.16 Å². The number of carbonyl (C=O) groups is 1. The first-order valence-electron chi connectivity index (χ1n) is 6.46. The second kappa shape index (κ2) is 9.73. The van der Waals surface area contributed by atoms with Crippen LogP contribution in [-0.2, 0) is 20.8 Å². The molecule has 1 N–H and O–H groups in total. The molecule has 0 saturated heterocycles. The highest BCUT2D eigenvalue weighted by molar-refractivity contribution is 7.99. The van der Waals surface area contributed by atoms with Gasteiger partial charge in [-0.05, 0) is 19.8 Å². The Labute approximate surface area is 122 Å². The first-order chi connectivity index (χ1) is 9.65. The van der Waals surface area contributed by atoms with E-state index in [0.717, 1.165) is 25.2 Å². The topological polar surface area (TPSA) is 86.5 Å². The summed E-state index contributed by atoms with van der Waals surface area (Å²) in [6.45, 7) is 4.56. The molecule has 7 nitrogen and oxygen atoms in total. The van der Waals surface area contributed by atoms with Crippen LogP contribution in [0.25, 0.3) is 0 Å². The van der Waals surface area contributed by atoms with Gasteiger partial charge in [-0.1, -0.05) is 11.8 Å². The Balaban J connectivity index is 2.28. The summed E-state index contributed by atoms with van der Waals surface area (Å²) in [7, 11) is 1.65. The molecule has 0 unspecified atom stereocenters. The van der Waals surface area contributed by atoms with Gasteiger partial charge in [-0.3, -0.25) is 4.79 Å². The van der Waals surface area contributed by atoms with E-state index in [9.17, 15) is 4.79 Å². The summed E-state index contributed by atoms with van der Waals surface area (Å²) in [5.74, 6) is -0.0509. The van der Waals surface area contributed by atoms with Gasteiger partial charge < -0.3 is 19.1 Å². The van der Waals surface area contributed by atoms with Crippen LogP contribution in [0.2, 0.25) is 0 Å². The Morgan fingerprint density at radius 2 is 2.10 bits per heavy atom. The van der Waals surface area contributed by atoms with Crippen LogP contribution in [0.1, 0.15) is 18.7 Å². The predicted octanol–water partition coefficient (Wildman–Crippen LogP) is 1.21. The van der Waals surface area contributed by atoms with Crippen LogP contribution < -0.4 is 0 Å². The molecule has 0 bridgehead atoms. The molecule has 1 aromatic heterocycles. The van der Waals surface area contributed by atoms with Gasteiger partial charge in [-0.25, -0.2) is 0 Å². The maximum absolute atomic E-state index is 10.6. The van der Waals surface area contributed by atoms with Crippen LogP contribution in [0.4, 0.5) is 0 Å². The standard InChI is InChI=1S/C12H21N3O4S/c1-10-13-14-12(20-9-11(16)17)15(10)5-3-4-6-19-8-7-18-2/h3-9H2,1-2H3,(H,16,17). The van der Waals surface area contributed by atoms with Gasteiger partial charge in [0, 0.05) is 20.3 Å². The van der Waals surface area contributed by atoms with E-state index in [-0.39, 0.29) is 5.75 Å². The maximum Gasteiger partial charge on any atom is 0.313 e. The van der Waals surface area contributed by atoms with Gasteiger partial charge in [0.05, 0.1) is 19.0 Å². The van der Waals surface area contributed by atoms with Gasteiger partial charge in [0.25, 0.3) is 0 Å². The minimum absolute atomic E-state index is 0.00172. The van der Waals surface area contributed by atoms with E-state index < -0.39 is 5.97 Å². The van der Waals surface area contributed by atoms with Crippen LogP contribution in [-0.4, -0.2) is 58.5 Å². The van der Waals surface area contributed by atoms with Crippen molar-refractivity contribution in [1.29, 1.82) is 0 Å². The van der Waals surface area contributed by atoms with Crippen molar-refractivity contribution in [3.8, 4) is 0 Å². The molecule has 0 aliphatic carbocycles. The van der Waals surface area contributed by atoms with E-state index in [0.29, 0.717) is 25.0 Å². The lowest BCUT2D eigenvalue weighted by molar-refractivity contribution is -0.133. The largest absolute Gasteiger partial charge is 0.481 e. The van der Waals surface area contributed by atoms with Crippen molar-refractivity contribution in [1.82, 2.24) is 14.8 Å². The highest BCUT2D eigenvalue weighted by atomic mass is 32.2. The number of hydrogen-bond donors (Lipinski definition) is 1. The molecule has 0 fully saturated rings. The Hall–Kier alpha value is -1.12. The smallest absolute Gasteiger partial charge is 0.313 e. The number of carboxylic acid groups (broad SMARTS) is 1. The molecule has 0 amide bonds. The fourth-order valence-corrected chi connectivity index (χ4v) is 2.30. The molecule has 8 heteroatoms. The Morgan fingerprint density at radius 3 is 2.80 bits per heavy atom. The number of methoxy groups -OCH3 is 1. The third kappa shape index (κ3) is 6.36. The predicted molar refractivity (Wildman–Crippen MR) is 75.0 cm³/mol. The van der Waals surface area contributed by atoms with Crippen molar-refractivity contribution < 1.29 is 19.4 Å². The maximum atomic E-state index is 10.6. The minimum Gasteiger partial charge on any atom is -0.481 e. The van der Waals surface area contributed by atoms with E-state index in [1.54, 1.807) is 7.11 Å². The van der Waals surface area contributed by atoms with Crippen molar-refractivity contribution in [2.24, 2.45) is 0 Å². The molecule has 0 radical (unpaired) electrons. The minimum atomic E-state index is -0.853. The quantitative estimate of drug-likeness (QED) is 0.485. The number of rotatable bonds is 11. The van der Waals surface area contributed by atoms with E-state index in [4.69, 9.17) is 14.6 Å². The van der Waals surface area contributed by atoms with Crippen LogP contribution >= 0.6 is 11.8 Å². The lowest BCUT2D eigenvalue weighted by Crippen LogP contribution is -2.07. The number of nitrogens with zero attached hydrogens (tertiary/aromatic N) is 3. The van der Waals surface area contributed by atoms with E-state index in [1.165, 1.54) is 11.8 Å². The summed E-state index contributed by atoms with van der Waals surface area (Å²) < 4.78 is 12.2. The highest BCUT2D eigenvalue weighted by Crippen LogP contribution is 2.17. The molecule has 1 aromatic rings. The fourth-order valence-electron chi connectivity index (χ4n) is 1.57. The average molecular weight is 303 g/mol. The number of aliphatic carboxylic acids is 1. The molecule has 1 heterocycles. The van der Waals surface area contributed by atoms with Crippen LogP contribution in [0, 0.1) is 6.92 Å². The lowest BCUT2D eigenvalue weighted by Gasteiger charge is -2.08. The molecule has 0 spiro atoms. The normalized spacial score (nSPS) is 10.9. The van der Waals surface area contributed by atoms with Gasteiger partial charge in [0.15, 0.2) is 5.16 Å². The number of aromatic nitrogens is 3. The monoisotopic (exact) mass is 303 g/mol. The number of thioether (sulfide) groups is 1. The Kier molecular flexibility index (Phi) is 8.24. The van der Waals surface area contributed by atoms with Crippen LogP contribution in [0.3, 0.4) is 0 Å². The SMILES string of the molecule is COCCOCCCCn1c(C)nnc1SCC(=O)O. The molecule has 0 aliphatic heterocycles. The van der Waals surface area contributed by atoms with Gasteiger partial charge in [0.1, 0.15) is 5.82 Å². The van der Waals surface area contributed by atoms with Crippen molar-refractivity contribution in [3.63, 3.8) is 0 Å². The number of unbranched alkanes of at least 4 members (excludes halogenated alkanes) is 1. The van der Waals surface area contributed by atoms with Crippen molar-refractivity contribution in [2.45, 2.75) is 31.5 Å². The van der Waals surface area contributed by atoms with Gasteiger partial charge in [-0.2, -0.15) is 0 Å². The summed E-state index contributed by atoms with van der Waals surface area (Å²) >= 11 is 1.19. The first-order valence-corrected chi connectivity index (χ1v) is 7.44. The highest BCUT2D eigenvalue weighted by Gasteiger charge is 2.10. The van der Waals surface area contributed by atoms with E-state index >= 15 is 0 Å². The third-order valence-electron chi connectivity index (χ3n) is 2.58. The fraction of sp³-hybridized carbons (Fsp3) is 0.750. The molecule has 20 heavy (non-hydrogen) atoms. The van der Waals surface area contributed by atoms with E-state index in [2.05, 4.69) is 10.2 Å². The summed E-state index contributed by atoms with van der Waals surface area (Å²) in [4.78, 5) is 10.6. The molecular formula is C12H21N3O4S. The van der Waals surface area contributed by atoms with Gasteiger partial charge in [-0.15, -0.1) is 10.2 Å². The first kappa shape index (κ1) is 16.9. The number of ether oxygens (including phenoxy) is 2. The zero-order chi connectivity index (χ0) is 14.8. The molecular weight excluding hydrogens is 282 g/mol. The molecule has 0 aromatic carbocycles. The second-order valence-corrected chi connectivity index (χ2v) is 5.12. The number of aryl methyl sites for hydroxylation is 1. The Bertz CT molecular complexity index is 411. The zero-order valence-corrected chi connectivity index (χ0v) is 12.7. The molecule has 0 aliphatic rings. The molecule has 0 atom stereocenters. The lowest BCUT2D eigenvalue weighted by atomic mass is 10.3. The van der Waals surface area contributed by atoms with E-state index in [1.807, 2.05) is 11.5 Å². The number of hydrogen-bond acceptors (Lipinski definition) is 6.